The van der Waals surface area contributed by atoms with Crippen molar-refractivity contribution in [2.24, 2.45) is 5.41 Å². The summed E-state index contributed by atoms with van der Waals surface area (Å²) in [6, 6.07) is 0. The topological polar surface area (TPSA) is 40.1 Å². The summed E-state index contributed by atoms with van der Waals surface area (Å²) in [6.07, 6.45) is 22.3. The summed E-state index contributed by atoms with van der Waals surface area (Å²) in [5, 5.41) is 10.3. The van der Waals surface area contributed by atoms with Crippen LogP contribution in [0.5, 0.6) is 0 Å². The van der Waals surface area contributed by atoms with E-state index < -0.39 is 5.97 Å². The zero-order valence-corrected chi connectivity index (χ0v) is 20.7. The molecule has 0 radical (unpaired) electrons. The smallest absolute Gasteiger partial charge is 0.550 e. The molecule has 0 bridgehead atoms. The van der Waals surface area contributed by atoms with Gasteiger partial charge in [0.2, 0.25) is 0 Å². The van der Waals surface area contributed by atoms with E-state index in [1.165, 1.54) is 70.6 Å². The summed E-state index contributed by atoms with van der Waals surface area (Å²) in [7, 11) is 0. The zero-order chi connectivity index (χ0) is 18.1. The van der Waals surface area contributed by atoms with Gasteiger partial charge in [-0.25, -0.2) is 0 Å². The van der Waals surface area contributed by atoms with E-state index in [2.05, 4.69) is 32.9 Å². The maximum atomic E-state index is 10.3. The predicted octanol–water partition coefficient (Wildman–Crippen LogP) is 3.19. The van der Waals surface area contributed by atoms with Crippen molar-refractivity contribution in [1.29, 1.82) is 0 Å². The summed E-state index contributed by atoms with van der Waals surface area (Å²) < 4.78 is 0. The van der Waals surface area contributed by atoms with E-state index in [1.807, 2.05) is 0 Å². The monoisotopic (exact) mass is 376 g/mol. The van der Waals surface area contributed by atoms with Crippen LogP contribution in [0.15, 0.2) is 12.2 Å². The van der Waals surface area contributed by atoms with Crippen molar-refractivity contribution in [2.75, 3.05) is 0 Å². The molecule has 0 spiro atoms. The second-order valence-electron chi connectivity index (χ2n) is 8.37. The Balaban J connectivity index is 0. The molecule has 0 aromatic rings. The minimum absolute atomic E-state index is 0. The van der Waals surface area contributed by atoms with Gasteiger partial charge in [0.15, 0.2) is 0 Å². The van der Waals surface area contributed by atoms with Crippen molar-refractivity contribution in [1.82, 2.24) is 0 Å². The number of hydrogen-bond acceptors (Lipinski definition) is 2. The maximum absolute atomic E-state index is 10.3. The van der Waals surface area contributed by atoms with E-state index in [9.17, 15) is 9.90 Å². The van der Waals surface area contributed by atoms with E-state index in [1.54, 1.807) is 0 Å². The first-order valence-electron chi connectivity index (χ1n) is 10.3. The Hall–Kier alpha value is 0.846. The van der Waals surface area contributed by atoms with Crippen LogP contribution in [-0.2, 0) is 4.79 Å². The molecule has 0 saturated carbocycles. The van der Waals surface area contributed by atoms with Crippen molar-refractivity contribution < 1.29 is 61.3 Å². The van der Waals surface area contributed by atoms with Gasteiger partial charge in [-0.1, -0.05) is 84.3 Å². The second-order valence-corrected chi connectivity index (χ2v) is 8.37. The average molecular weight is 377 g/mol. The second kappa shape index (κ2) is 19.6. The van der Waals surface area contributed by atoms with Crippen LogP contribution < -0.4 is 56.5 Å². The fourth-order valence-electron chi connectivity index (χ4n) is 2.92. The quantitative estimate of drug-likeness (QED) is 0.236. The SMILES string of the molecule is CC(C)(C)CCCCCCCC/C=C\CCCCCCCC(=O)[O-].[K+]. The van der Waals surface area contributed by atoms with Gasteiger partial charge in [0, 0.05) is 5.97 Å². The fraction of sp³-hybridized carbons (Fsp3) is 0.864. The van der Waals surface area contributed by atoms with Gasteiger partial charge in [0.25, 0.3) is 0 Å². The van der Waals surface area contributed by atoms with Gasteiger partial charge in [-0.05, 0) is 50.4 Å². The molecule has 0 fully saturated rings. The van der Waals surface area contributed by atoms with Gasteiger partial charge in [0.05, 0.1) is 0 Å². The number of hydrogen-bond donors (Lipinski definition) is 0. The molecule has 0 aliphatic rings. The van der Waals surface area contributed by atoms with Crippen LogP contribution in [-0.4, -0.2) is 5.97 Å². The largest absolute Gasteiger partial charge is 1.00 e. The molecule has 25 heavy (non-hydrogen) atoms. The Morgan fingerprint density at radius 1 is 0.720 bits per heavy atom. The molecule has 0 unspecified atom stereocenters. The van der Waals surface area contributed by atoms with E-state index >= 15 is 0 Å². The van der Waals surface area contributed by atoms with Crippen LogP contribution in [0.2, 0.25) is 0 Å². The number of carbonyl (C=O) groups excluding carboxylic acids is 1. The van der Waals surface area contributed by atoms with Crippen LogP contribution in [0.4, 0.5) is 0 Å². The molecular formula is C22H41KO2. The molecule has 0 aromatic carbocycles. The number of rotatable bonds is 16. The van der Waals surface area contributed by atoms with Gasteiger partial charge in [0.1, 0.15) is 0 Å². The first-order chi connectivity index (χ1) is 11.4. The van der Waals surface area contributed by atoms with Gasteiger partial charge in [-0.15, -0.1) is 0 Å². The molecule has 0 amide bonds. The van der Waals surface area contributed by atoms with Gasteiger partial charge in [-0.3, -0.25) is 0 Å². The Labute approximate surface area is 200 Å². The molecule has 0 aliphatic heterocycles. The van der Waals surface area contributed by atoms with Crippen LogP contribution in [0.1, 0.15) is 117 Å². The number of carboxylic acids is 1. The molecule has 142 valence electrons. The summed E-state index contributed by atoms with van der Waals surface area (Å²) in [4.78, 5) is 10.3. The van der Waals surface area contributed by atoms with Crippen LogP contribution >= 0.6 is 0 Å². The Kier molecular flexibility index (Phi) is 22.0. The summed E-state index contributed by atoms with van der Waals surface area (Å²) in [6.45, 7) is 6.99. The number of carboxylic acid groups (broad SMARTS) is 1. The average Bonchev–Trinajstić information content (AvgIpc) is 2.49. The minimum Gasteiger partial charge on any atom is -0.550 e. The Bertz CT molecular complexity index is 318. The van der Waals surface area contributed by atoms with Gasteiger partial charge < -0.3 is 9.90 Å². The van der Waals surface area contributed by atoms with Gasteiger partial charge in [-0.2, -0.15) is 0 Å². The Morgan fingerprint density at radius 3 is 1.56 bits per heavy atom. The van der Waals surface area contributed by atoms with Crippen LogP contribution in [0.25, 0.3) is 0 Å². The maximum Gasteiger partial charge on any atom is 1.00 e. The normalized spacial score (nSPS) is 11.6. The molecule has 0 aromatic heterocycles. The summed E-state index contributed by atoms with van der Waals surface area (Å²) >= 11 is 0. The minimum atomic E-state index is -0.914. The Morgan fingerprint density at radius 2 is 1.12 bits per heavy atom. The molecule has 3 heteroatoms. The molecule has 2 nitrogen and oxygen atoms in total. The van der Waals surface area contributed by atoms with Crippen molar-refractivity contribution in [3.8, 4) is 0 Å². The number of carbonyl (C=O) groups is 1. The summed E-state index contributed by atoms with van der Waals surface area (Å²) in [5.41, 5.74) is 0.501. The summed E-state index contributed by atoms with van der Waals surface area (Å²) in [5.74, 6) is -0.914. The van der Waals surface area contributed by atoms with Crippen LogP contribution in [0.3, 0.4) is 0 Å². The fourth-order valence-corrected chi connectivity index (χ4v) is 2.92. The van der Waals surface area contributed by atoms with E-state index in [-0.39, 0.29) is 57.8 Å². The third-order valence-corrected chi connectivity index (χ3v) is 4.47. The van der Waals surface area contributed by atoms with Crippen molar-refractivity contribution >= 4 is 5.97 Å². The van der Waals surface area contributed by atoms with Gasteiger partial charge >= 0.3 is 51.4 Å². The number of unbranched alkanes of at least 4 members (excludes halogenated alkanes) is 11. The molecule has 0 aliphatic carbocycles. The number of allylic oxidation sites excluding steroid dienone is 2. The van der Waals surface area contributed by atoms with Crippen LogP contribution in [0, 0.1) is 5.41 Å². The third kappa shape index (κ3) is 27.2. The first-order valence-corrected chi connectivity index (χ1v) is 10.3. The van der Waals surface area contributed by atoms with E-state index in [0.29, 0.717) is 5.41 Å². The molecule has 0 N–H and O–H groups in total. The predicted molar refractivity (Wildman–Crippen MR) is 103 cm³/mol. The molecule has 0 heterocycles. The molecule has 0 rings (SSSR count). The van der Waals surface area contributed by atoms with Crippen molar-refractivity contribution in [3.05, 3.63) is 12.2 Å². The van der Waals surface area contributed by atoms with Crippen molar-refractivity contribution in [3.63, 3.8) is 0 Å². The van der Waals surface area contributed by atoms with E-state index in [4.69, 9.17) is 0 Å². The van der Waals surface area contributed by atoms with Crippen molar-refractivity contribution in [2.45, 2.75) is 117 Å². The standard InChI is InChI=1S/C22H42O2.K/c1-22(2,3)20-18-16-14-12-10-8-6-4-5-7-9-11-13-15-17-19-21(23)24;/h4-5H,6-20H2,1-3H3,(H,23,24);/q;+1/p-1/b5-4-;. The third-order valence-electron chi connectivity index (χ3n) is 4.47. The first kappa shape index (κ1) is 28.1. The molecule has 0 saturated heterocycles. The zero-order valence-electron chi connectivity index (χ0n) is 17.6. The van der Waals surface area contributed by atoms with E-state index in [0.717, 1.165) is 19.3 Å². The molecular weight excluding hydrogens is 335 g/mol. The molecule has 0 atom stereocenters. The number of aliphatic carboxylic acids is 1.